The number of fused-ring (bicyclic) bond motifs is 1. The van der Waals surface area contributed by atoms with Gasteiger partial charge in [-0.3, -0.25) is 13.9 Å². The molecule has 0 unspecified atom stereocenters. The predicted molar refractivity (Wildman–Crippen MR) is 125 cm³/mol. The number of amides is 1. The SMILES string of the molecule is C=C(C)n1c(=O)n(CCN2CCC(NC(C)=O)(c3ccccc3)CC2)c2ccccc21. The number of carbonyl (C=O) groups is 1. The lowest BCUT2D eigenvalue weighted by molar-refractivity contribution is -0.121. The lowest BCUT2D eigenvalue weighted by Gasteiger charge is -2.42. The van der Waals surface area contributed by atoms with Crippen molar-refractivity contribution in [2.24, 2.45) is 0 Å². The van der Waals surface area contributed by atoms with Crippen LogP contribution < -0.4 is 11.0 Å². The summed E-state index contributed by atoms with van der Waals surface area (Å²) in [6.07, 6.45) is 1.69. The summed E-state index contributed by atoms with van der Waals surface area (Å²) < 4.78 is 3.53. The number of para-hydroxylation sites is 2. The van der Waals surface area contributed by atoms with Gasteiger partial charge in [0.25, 0.3) is 0 Å². The Morgan fingerprint density at radius 3 is 2.19 bits per heavy atom. The van der Waals surface area contributed by atoms with Crippen molar-refractivity contribution < 1.29 is 4.79 Å². The van der Waals surface area contributed by atoms with E-state index in [9.17, 15) is 9.59 Å². The summed E-state index contributed by atoms with van der Waals surface area (Å²) in [7, 11) is 0. The van der Waals surface area contributed by atoms with E-state index < -0.39 is 0 Å². The molecule has 4 rings (SSSR count). The van der Waals surface area contributed by atoms with Gasteiger partial charge in [0.05, 0.1) is 16.6 Å². The van der Waals surface area contributed by atoms with E-state index in [0.29, 0.717) is 6.54 Å². The van der Waals surface area contributed by atoms with Gasteiger partial charge >= 0.3 is 5.69 Å². The highest BCUT2D eigenvalue weighted by molar-refractivity contribution is 5.79. The van der Waals surface area contributed by atoms with E-state index in [0.717, 1.165) is 54.8 Å². The number of piperidine rings is 1. The number of carbonyl (C=O) groups excluding carboxylic acids is 1. The highest BCUT2D eigenvalue weighted by Gasteiger charge is 2.36. The molecule has 1 amide bonds. The molecule has 6 nitrogen and oxygen atoms in total. The zero-order chi connectivity index (χ0) is 22.0. The number of imidazole rings is 1. The topological polar surface area (TPSA) is 59.3 Å². The average molecular weight is 419 g/mol. The Morgan fingerprint density at radius 1 is 0.968 bits per heavy atom. The van der Waals surface area contributed by atoms with Crippen molar-refractivity contribution in [2.75, 3.05) is 19.6 Å². The van der Waals surface area contributed by atoms with Gasteiger partial charge in [0.2, 0.25) is 5.91 Å². The van der Waals surface area contributed by atoms with Crippen LogP contribution in [0.2, 0.25) is 0 Å². The summed E-state index contributed by atoms with van der Waals surface area (Å²) in [5.41, 5.74) is 3.35. The van der Waals surface area contributed by atoms with Crippen LogP contribution in [-0.4, -0.2) is 39.6 Å². The van der Waals surface area contributed by atoms with Crippen LogP contribution in [0.3, 0.4) is 0 Å². The molecule has 0 atom stereocenters. The van der Waals surface area contributed by atoms with Gasteiger partial charge in [0.15, 0.2) is 0 Å². The Kier molecular flexibility index (Phi) is 5.83. The van der Waals surface area contributed by atoms with E-state index in [1.165, 1.54) is 0 Å². The number of likely N-dealkylation sites (tertiary alicyclic amines) is 1. The third kappa shape index (κ3) is 4.08. The minimum absolute atomic E-state index is 0.00328. The van der Waals surface area contributed by atoms with Gasteiger partial charge in [-0.25, -0.2) is 4.79 Å². The zero-order valence-electron chi connectivity index (χ0n) is 18.3. The summed E-state index contributed by atoms with van der Waals surface area (Å²) >= 11 is 0. The molecular formula is C25H30N4O2. The molecule has 0 bridgehead atoms. The Morgan fingerprint density at radius 2 is 1.58 bits per heavy atom. The smallest absolute Gasteiger partial charge is 0.333 e. The monoisotopic (exact) mass is 418 g/mol. The first kappa shape index (κ1) is 21.1. The molecule has 1 N–H and O–H groups in total. The minimum atomic E-state index is -0.323. The largest absolute Gasteiger partial charge is 0.347 e. The normalized spacial score (nSPS) is 16.3. The van der Waals surface area contributed by atoms with Gasteiger partial charge in [-0.1, -0.05) is 49.0 Å². The zero-order valence-corrected chi connectivity index (χ0v) is 18.3. The molecule has 0 aliphatic carbocycles. The van der Waals surface area contributed by atoms with Gasteiger partial charge < -0.3 is 10.2 Å². The van der Waals surface area contributed by atoms with E-state index in [1.807, 2.05) is 54.0 Å². The maximum Gasteiger partial charge on any atom is 0.333 e. The molecular weight excluding hydrogens is 388 g/mol. The molecule has 6 heteroatoms. The Bertz CT molecular complexity index is 1150. The first-order valence-electron chi connectivity index (χ1n) is 10.8. The summed E-state index contributed by atoms with van der Waals surface area (Å²) in [6, 6.07) is 18.1. The predicted octanol–water partition coefficient (Wildman–Crippen LogP) is 3.42. The van der Waals surface area contributed by atoms with Crippen LogP contribution in [0.15, 0.2) is 66.0 Å². The number of benzene rings is 2. The molecule has 0 radical (unpaired) electrons. The van der Waals surface area contributed by atoms with Gasteiger partial charge in [0, 0.05) is 38.8 Å². The van der Waals surface area contributed by atoms with Gasteiger partial charge in [-0.05, 0) is 37.5 Å². The lowest BCUT2D eigenvalue weighted by atomic mass is 9.80. The molecule has 1 aromatic heterocycles. The van der Waals surface area contributed by atoms with Crippen molar-refractivity contribution in [1.29, 1.82) is 0 Å². The van der Waals surface area contributed by atoms with E-state index in [1.54, 1.807) is 11.5 Å². The number of rotatable bonds is 6. The van der Waals surface area contributed by atoms with Crippen molar-refractivity contribution in [3.8, 4) is 0 Å². The fourth-order valence-corrected chi connectivity index (χ4v) is 4.77. The van der Waals surface area contributed by atoms with Gasteiger partial charge in [0.1, 0.15) is 0 Å². The summed E-state index contributed by atoms with van der Waals surface area (Å²) in [6.45, 7) is 10.6. The van der Waals surface area contributed by atoms with Crippen molar-refractivity contribution in [1.82, 2.24) is 19.4 Å². The van der Waals surface area contributed by atoms with Crippen LogP contribution in [0, 0.1) is 0 Å². The number of hydrogen-bond acceptors (Lipinski definition) is 3. The van der Waals surface area contributed by atoms with E-state index >= 15 is 0 Å². The van der Waals surface area contributed by atoms with Crippen LogP contribution in [0.1, 0.15) is 32.3 Å². The van der Waals surface area contributed by atoms with Crippen molar-refractivity contribution >= 4 is 22.6 Å². The summed E-state index contributed by atoms with van der Waals surface area (Å²) in [4.78, 5) is 27.3. The van der Waals surface area contributed by atoms with Crippen molar-refractivity contribution in [3.05, 3.63) is 77.2 Å². The maximum absolute atomic E-state index is 13.0. The molecule has 0 saturated carbocycles. The molecule has 2 heterocycles. The summed E-state index contributed by atoms with van der Waals surface area (Å²) in [5, 5.41) is 3.22. The van der Waals surface area contributed by atoms with E-state index in [4.69, 9.17) is 0 Å². The summed E-state index contributed by atoms with van der Waals surface area (Å²) in [5.74, 6) is -0.00328. The van der Waals surface area contributed by atoms with Gasteiger partial charge in [-0.15, -0.1) is 0 Å². The van der Waals surface area contributed by atoms with Gasteiger partial charge in [-0.2, -0.15) is 0 Å². The molecule has 2 aromatic carbocycles. The number of nitrogens with one attached hydrogen (secondary N) is 1. The molecule has 1 saturated heterocycles. The number of hydrogen-bond donors (Lipinski definition) is 1. The fourth-order valence-electron chi connectivity index (χ4n) is 4.77. The molecule has 1 fully saturated rings. The standard InChI is InChI=1S/C25H30N4O2/c1-19(2)29-23-12-8-7-11-22(23)28(24(29)31)18-17-27-15-13-25(14-16-27,26-20(3)30)21-9-5-4-6-10-21/h4-12H,1,13-18H2,2-3H3,(H,26,30). The lowest BCUT2D eigenvalue weighted by Crippen LogP contribution is -2.53. The van der Waals surface area contributed by atoms with Crippen LogP contribution in [0.4, 0.5) is 0 Å². The highest BCUT2D eigenvalue weighted by atomic mass is 16.2. The number of allylic oxidation sites excluding steroid dienone is 1. The quantitative estimate of drug-likeness (QED) is 0.667. The van der Waals surface area contributed by atoms with Crippen LogP contribution in [0.5, 0.6) is 0 Å². The van der Waals surface area contributed by atoms with E-state index in [2.05, 4.69) is 28.9 Å². The second-order valence-electron chi connectivity index (χ2n) is 8.46. The molecule has 3 aromatic rings. The van der Waals surface area contributed by atoms with Crippen LogP contribution in [0.25, 0.3) is 16.7 Å². The molecule has 0 spiro atoms. The number of aromatic nitrogens is 2. The average Bonchev–Trinajstić information content (AvgIpc) is 3.05. The Balaban J connectivity index is 1.50. The maximum atomic E-state index is 13.0. The Hall–Kier alpha value is -3.12. The molecule has 31 heavy (non-hydrogen) atoms. The third-order valence-corrected chi connectivity index (χ3v) is 6.31. The fraction of sp³-hybridized carbons (Fsp3) is 0.360. The Labute approximate surface area is 182 Å². The number of nitrogens with zero attached hydrogens (tertiary/aromatic N) is 3. The molecule has 1 aliphatic heterocycles. The van der Waals surface area contributed by atoms with E-state index in [-0.39, 0.29) is 17.1 Å². The molecule has 1 aliphatic rings. The van der Waals surface area contributed by atoms with Crippen molar-refractivity contribution in [2.45, 2.75) is 38.8 Å². The highest BCUT2D eigenvalue weighted by Crippen LogP contribution is 2.33. The molecule has 162 valence electrons. The first-order valence-corrected chi connectivity index (χ1v) is 10.8. The minimum Gasteiger partial charge on any atom is -0.347 e. The second kappa shape index (κ2) is 8.55. The second-order valence-corrected chi connectivity index (χ2v) is 8.46. The first-order chi connectivity index (χ1) is 14.9. The van der Waals surface area contributed by atoms with Crippen molar-refractivity contribution in [3.63, 3.8) is 0 Å². The van der Waals surface area contributed by atoms with Crippen LogP contribution >= 0.6 is 0 Å². The van der Waals surface area contributed by atoms with Crippen LogP contribution in [-0.2, 0) is 16.9 Å². The third-order valence-electron chi connectivity index (χ3n) is 6.31.